The highest BCUT2D eigenvalue weighted by molar-refractivity contribution is 5.99. The molecular formula is C25H29N2O4+. The van der Waals surface area contributed by atoms with Crippen LogP contribution in [0.25, 0.3) is 11.0 Å². The summed E-state index contributed by atoms with van der Waals surface area (Å²) in [6.45, 7) is 5.58. The molecule has 0 bridgehead atoms. The number of fused-ring (bicyclic) bond motifs is 2. The number of carbonyl (C=O) groups excluding carboxylic acids is 1. The highest BCUT2D eigenvalue weighted by Gasteiger charge is 2.42. The summed E-state index contributed by atoms with van der Waals surface area (Å²) in [7, 11) is 5.65. The van der Waals surface area contributed by atoms with Gasteiger partial charge in [0.15, 0.2) is 5.43 Å². The summed E-state index contributed by atoms with van der Waals surface area (Å²) < 4.78 is 11.3. The number of nitrogens with zero attached hydrogens (tertiary/aromatic N) is 1. The van der Waals surface area contributed by atoms with Gasteiger partial charge >= 0.3 is 0 Å². The lowest BCUT2D eigenvalue weighted by Crippen LogP contribution is -3.06. The summed E-state index contributed by atoms with van der Waals surface area (Å²) in [6, 6.07) is 12.8. The van der Waals surface area contributed by atoms with Crippen LogP contribution in [-0.4, -0.2) is 45.1 Å². The van der Waals surface area contributed by atoms with Crippen molar-refractivity contribution in [3.8, 4) is 5.75 Å². The lowest BCUT2D eigenvalue weighted by molar-refractivity contribution is -0.857. The average Bonchev–Trinajstić information content (AvgIpc) is 3.04. The Morgan fingerprint density at radius 2 is 1.81 bits per heavy atom. The number of nitrogens with one attached hydrogen (secondary N) is 1. The zero-order chi connectivity index (χ0) is 22.3. The van der Waals surface area contributed by atoms with Crippen molar-refractivity contribution in [1.82, 2.24) is 4.90 Å². The first-order valence-corrected chi connectivity index (χ1v) is 10.7. The maximum absolute atomic E-state index is 13.5. The number of hydrogen-bond acceptors (Lipinski definition) is 4. The van der Waals surface area contributed by atoms with Gasteiger partial charge in [-0.3, -0.25) is 9.59 Å². The van der Waals surface area contributed by atoms with Gasteiger partial charge in [0, 0.05) is 6.07 Å². The van der Waals surface area contributed by atoms with E-state index >= 15 is 0 Å². The van der Waals surface area contributed by atoms with Crippen LogP contribution >= 0.6 is 0 Å². The Morgan fingerprint density at radius 3 is 2.42 bits per heavy atom. The van der Waals surface area contributed by atoms with Gasteiger partial charge in [-0.1, -0.05) is 38.1 Å². The van der Waals surface area contributed by atoms with Crippen molar-refractivity contribution in [2.75, 3.05) is 34.3 Å². The van der Waals surface area contributed by atoms with Crippen molar-refractivity contribution in [1.29, 1.82) is 0 Å². The van der Waals surface area contributed by atoms with Crippen LogP contribution in [0.5, 0.6) is 5.75 Å². The fourth-order valence-electron chi connectivity index (χ4n) is 4.11. The molecule has 162 valence electrons. The Morgan fingerprint density at radius 1 is 1.10 bits per heavy atom. The van der Waals surface area contributed by atoms with Crippen LogP contribution < -0.4 is 15.1 Å². The molecule has 6 nitrogen and oxygen atoms in total. The molecule has 0 spiro atoms. The minimum atomic E-state index is -0.453. The first kappa shape index (κ1) is 21.1. The van der Waals surface area contributed by atoms with Gasteiger partial charge in [-0.05, 0) is 29.2 Å². The van der Waals surface area contributed by atoms with Crippen LogP contribution in [-0.2, 0) is 0 Å². The smallest absolute Gasteiger partial charge is 0.291 e. The fourth-order valence-corrected chi connectivity index (χ4v) is 4.11. The summed E-state index contributed by atoms with van der Waals surface area (Å²) >= 11 is 0. The molecule has 0 fully saturated rings. The summed E-state index contributed by atoms with van der Waals surface area (Å²) in [4.78, 5) is 29.9. The number of amides is 1. The van der Waals surface area contributed by atoms with E-state index in [4.69, 9.17) is 9.15 Å². The molecule has 0 radical (unpaired) electrons. The molecule has 1 aliphatic rings. The van der Waals surface area contributed by atoms with E-state index in [1.807, 2.05) is 26.2 Å². The number of carbonyl (C=O) groups is 1. The van der Waals surface area contributed by atoms with E-state index in [1.54, 1.807) is 30.2 Å². The SMILES string of the molecule is COc1ccc2c(=O)c3c(oc2c1)C(=O)N(CC[NH+](C)C)[C@@H]3c1ccc(C(C)C)cc1. The van der Waals surface area contributed by atoms with E-state index in [9.17, 15) is 9.59 Å². The van der Waals surface area contributed by atoms with Crippen LogP contribution in [0.1, 0.15) is 53.1 Å². The zero-order valence-corrected chi connectivity index (χ0v) is 18.7. The molecule has 1 amide bonds. The predicted octanol–water partition coefficient (Wildman–Crippen LogP) is 2.61. The van der Waals surface area contributed by atoms with Crippen LogP contribution in [0.15, 0.2) is 51.7 Å². The molecule has 3 aromatic rings. The second-order valence-corrected chi connectivity index (χ2v) is 8.72. The minimum Gasteiger partial charge on any atom is -0.497 e. The van der Waals surface area contributed by atoms with Gasteiger partial charge in [-0.2, -0.15) is 0 Å². The van der Waals surface area contributed by atoms with Gasteiger partial charge in [0.25, 0.3) is 5.91 Å². The molecule has 0 unspecified atom stereocenters. The Labute approximate surface area is 182 Å². The van der Waals surface area contributed by atoms with Crippen LogP contribution in [0.4, 0.5) is 0 Å². The highest BCUT2D eigenvalue weighted by atomic mass is 16.5. The Hall–Kier alpha value is -3.12. The normalized spacial score (nSPS) is 15.9. The number of hydrogen-bond donors (Lipinski definition) is 1. The molecule has 1 atom stereocenters. The maximum atomic E-state index is 13.5. The molecule has 4 rings (SSSR count). The Balaban J connectivity index is 1.90. The fraction of sp³-hybridized carbons (Fsp3) is 0.360. The largest absolute Gasteiger partial charge is 0.497 e. The number of benzene rings is 2. The molecular weight excluding hydrogens is 392 g/mol. The summed E-state index contributed by atoms with van der Waals surface area (Å²) in [5.41, 5.74) is 2.77. The van der Waals surface area contributed by atoms with Crippen molar-refractivity contribution in [2.24, 2.45) is 0 Å². The van der Waals surface area contributed by atoms with E-state index < -0.39 is 6.04 Å². The van der Waals surface area contributed by atoms with Gasteiger partial charge in [-0.25, -0.2) is 0 Å². The first-order chi connectivity index (χ1) is 14.8. The lowest BCUT2D eigenvalue weighted by atomic mass is 9.95. The van der Waals surface area contributed by atoms with Crippen LogP contribution in [0.2, 0.25) is 0 Å². The number of ether oxygens (including phenoxy) is 1. The second kappa shape index (κ2) is 8.19. The van der Waals surface area contributed by atoms with E-state index in [0.717, 1.165) is 12.1 Å². The van der Waals surface area contributed by atoms with E-state index in [2.05, 4.69) is 26.0 Å². The van der Waals surface area contributed by atoms with Crippen LogP contribution in [0, 0.1) is 0 Å². The zero-order valence-electron chi connectivity index (χ0n) is 18.7. The number of rotatable bonds is 6. The molecule has 2 aromatic carbocycles. The number of quaternary nitrogens is 1. The molecule has 0 saturated carbocycles. The molecule has 6 heteroatoms. The standard InChI is InChI=1S/C25H28N2O4/c1-15(2)16-6-8-17(9-7-16)22-21-23(28)19-11-10-18(30-5)14-20(19)31-24(21)25(29)27(22)13-12-26(3)4/h6-11,14-15,22H,12-13H2,1-5H3/p+1/t22-/m1/s1. The topological polar surface area (TPSA) is 64.2 Å². The molecule has 31 heavy (non-hydrogen) atoms. The van der Waals surface area contributed by atoms with Crippen molar-refractivity contribution in [3.05, 3.63) is 75.1 Å². The summed E-state index contributed by atoms with van der Waals surface area (Å²) in [5.74, 6) is 0.882. The Kier molecular flexibility index (Phi) is 5.58. The van der Waals surface area contributed by atoms with Crippen molar-refractivity contribution in [3.63, 3.8) is 0 Å². The summed E-state index contributed by atoms with van der Waals surface area (Å²) in [6.07, 6.45) is 0. The van der Waals surface area contributed by atoms with Gasteiger partial charge in [0.2, 0.25) is 5.76 Å². The van der Waals surface area contributed by atoms with Crippen molar-refractivity contribution < 1.29 is 18.8 Å². The number of likely N-dealkylation sites (N-methyl/N-ethyl adjacent to an activating group) is 1. The van der Waals surface area contributed by atoms with Gasteiger partial charge in [0.1, 0.15) is 11.3 Å². The van der Waals surface area contributed by atoms with Crippen LogP contribution in [0.3, 0.4) is 0 Å². The average molecular weight is 422 g/mol. The quantitative estimate of drug-likeness (QED) is 0.665. The van der Waals surface area contributed by atoms with Gasteiger partial charge in [0.05, 0.1) is 51.3 Å². The van der Waals surface area contributed by atoms with Gasteiger partial charge in [-0.15, -0.1) is 0 Å². The van der Waals surface area contributed by atoms with Crippen molar-refractivity contribution >= 4 is 16.9 Å². The predicted molar refractivity (Wildman–Crippen MR) is 120 cm³/mol. The Bertz CT molecular complexity index is 1180. The second-order valence-electron chi connectivity index (χ2n) is 8.72. The third-order valence-electron chi connectivity index (χ3n) is 5.95. The monoisotopic (exact) mass is 421 g/mol. The van der Waals surface area contributed by atoms with Crippen molar-refractivity contribution in [2.45, 2.75) is 25.8 Å². The van der Waals surface area contributed by atoms with Gasteiger partial charge < -0.3 is 19.0 Å². The molecule has 0 aliphatic carbocycles. The first-order valence-electron chi connectivity index (χ1n) is 10.7. The third-order valence-corrected chi connectivity index (χ3v) is 5.95. The highest BCUT2D eigenvalue weighted by Crippen LogP contribution is 2.38. The minimum absolute atomic E-state index is 0.137. The molecule has 1 aliphatic heterocycles. The van der Waals surface area contributed by atoms with E-state index in [0.29, 0.717) is 34.7 Å². The van der Waals surface area contributed by atoms with E-state index in [-0.39, 0.29) is 17.1 Å². The molecule has 1 N–H and O–H groups in total. The lowest BCUT2D eigenvalue weighted by Gasteiger charge is -2.25. The molecule has 0 saturated heterocycles. The third kappa shape index (κ3) is 3.72. The summed E-state index contributed by atoms with van der Waals surface area (Å²) in [5, 5.41) is 0.455. The maximum Gasteiger partial charge on any atom is 0.291 e. The number of methoxy groups -OCH3 is 1. The molecule has 2 heterocycles. The van der Waals surface area contributed by atoms with E-state index in [1.165, 1.54) is 10.5 Å². The molecule has 1 aromatic heterocycles.